The van der Waals surface area contributed by atoms with Gasteiger partial charge in [-0.2, -0.15) is 18.3 Å². The van der Waals surface area contributed by atoms with E-state index in [1.165, 1.54) is 0 Å². The second-order valence-electron chi connectivity index (χ2n) is 10.3. The van der Waals surface area contributed by atoms with Crippen molar-refractivity contribution in [3.05, 3.63) is 17.5 Å². The molecule has 2 saturated carbocycles. The van der Waals surface area contributed by atoms with Crippen LogP contribution in [0.15, 0.2) is 6.20 Å². The van der Waals surface area contributed by atoms with Crippen molar-refractivity contribution in [2.45, 2.75) is 65.0 Å². The van der Waals surface area contributed by atoms with Crippen LogP contribution in [-0.2, 0) is 17.6 Å². The van der Waals surface area contributed by atoms with E-state index in [0.717, 1.165) is 49.8 Å². The van der Waals surface area contributed by atoms with Crippen molar-refractivity contribution in [2.24, 2.45) is 34.5 Å². The number of nitrogens with zero attached hydrogens (tertiary/aromatic N) is 1. The van der Waals surface area contributed by atoms with Crippen LogP contribution in [0.1, 0.15) is 57.2 Å². The third-order valence-electron chi connectivity index (χ3n) is 8.80. The highest BCUT2D eigenvalue weighted by molar-refractivity contribution is 5.81. The first kappa shape index (κ1) is 21.7. The van der Waals surface area contributed by atoms with Gasteiger partial charge in [-0.1, -0.05) is 20.3 Å². The maximum absolute atomic E-state index is 12.9. The number of amides is 1. The highest BCUT2D eigenvalue weighted by Gasteiger charge is 2.56. The zero-order valence-corrected chi connectivity index (χ0v) is 17.7. The smallest absolute Gasteiger partial charge is 0.396 e. The van der Waals surface area contributed by atoms with Crippen molar-refractivity contribution in [1.82, 2.24) is 15.5 Å². The summed E-state index contributed by atoms with van der Waals surface area (Å²) in [6.07, 6.45) is 3.57. The molecule has 8 heteroatoms. The number of aliphatic hydroxyl groups excluding tert-OH is 1. The molecule has 30 heavy (non-hydrogen) atoms. The molecule has 1 amide bonds. The molecule has 6 atom stereocenters. The maximum Gasteiger partial charge on any atom is 0.471 e. The van der Waals surface area contributed by atoms with Crippen molar-refractivity contribution in [1.29, 1.82) is 0 Å². The minimum absolute atomic E-state index is 0.0158. The number of hydrogen-bond donors (Lipinski definition) is 3. The molecule has 0 spiro atoms. The van der Waals surface area contributed by atoms with Gasteiger partial charge in [0.15, 0.2) is 0 Å². The van der Waals surface area contributed by atoms with Crippen molar-refractivity contribution in [3.63, 3.8) is 0 Å². The first-order valence-corrected chi connectivity index (χ1v) is 11.1. The summed E-state index contributed by atoms with van der Waals surface area (Å²) in [5, 5.41) is 19.6. The van der Waals surface area contributed by atoms with Crippen LogP contribution in [0.25, 0.3) is 0 Å². The normalized spacial score (nSPS) is 38.7. The first-order chi connectivity index (χ1) is 14.1. The second-order valence-corrected chi connectivity index (χ2v) is 10.3. The van der Waals surface area contributed by atoms with E-state index in [1.54, 1.807) is 0 Å². The number of nitrogens with one attached hydrogen (secondary N) is 2. The number of fused-ring (bicyclic) bond motifs is 2. The average molecular weight is 428 g/mol. The summed E-state index contributed by atoms with van der Waals surface area (Å²) in [6, 6.07) is 0. The van der Waals surface area contributed by atoms with Gasteiger partial charge in [0.05, 0.1) is 6.20 Å². The van der Waals surface area contributed by atoms with Crippen LogP contribution in [0.4, 0.5) is 13.2 Å². The molecule has 0 aliphatic heterocycles. The number of rotatable bonds is 4. The number of hydrogen-bond acceptors (Lipinski definition) is 3. The van der Waals surface area contributed by atoms with E-state index in [-0.39, 0.29) is 41.7 Å². The van der Waals surface area contributed by atoms with Gasteiger partial charge in [0, 0.05) is 18.8 Å². The molecule has 3 aliphatic rings. The van der Waals surface area contributed by atoms with Gasteiger partial charge in [0.2, 0.25) is 0 Å². The molecule has 1 aromatic heterocycles. The van der Waals surface area contributed by atoms with Gasteiger partial charge >= 0.3 is 12.1 Å². The Morgan fingerprint density at radius 3 is 2.77 bits per heavy atom. The Kier molecular flexibility index (Phi) is 5.44. The summed E-state index contributed by atoms with van der Waals surface area (Å²) in [5.41, 5.74) is 2.07. The van der Waals surface area contributed by atoms with Gasteiger partial charge < -0.3 is 10.4 Å². The second kappa shape index (κ2) is 7.53. The zero-order chi connectivity index (χ0) is 21.7. The highest BCUT2D eigenvalue weighted by Crippen LogP contribution is 2.61. The third kappa shape index (κ3) is 3.55. The molecule has 0 bridgehead atoms. The van der Waals surface area contributed by atoms with E-state index in [0.29, 0.717) is 12.3 Å². The summed E-state index contributed by atoms with van der Waals surface area (Å²) in [6.45, 7) is 4.54. The molecule has 0 saturated heterocycles. The Balaban J connectivity index is 1.65. The molecule has 0 aromatic carbocycles. The summed E-state index contributed by atoms with van der Waals surface area (Å²) in [5.74, 6) is -1.42. The number of halogens is 3. The minimum atomic E-state index is -4.86. The molecular formula is C22H32F3N3O2. The highest BCUT2D eigenvalue weighted by atomic mass is 19.4. The quantitative estimate of drug-likeness (QED) is 0.687. The van der Waals surface area contributed by atoms with E-state index in [4.69, 9.17) is 0 Å². The van der Waals surface area contributed by atoms with E-state index in [2.05, 4.69) is 29.4 Å². The summed E-state index contributed by atoms with van der Waals surface area (Å²) < 4.78 is 38.6. The largest absolute Gasteiger partial charge is 0.471 e. The van der Waals surface area contributed by atoms with Gasteiger partial charge in [0.1, 0.15) is 0 Å². The van der Waals surface area contributed by atoms with E-state index < -0.39 is 12.1 Å². The van der Waals surface area contributed by atoms with Gasteiger partial charge in [-0.25, -0.2) is 0 Å². The van der Waals surface area contributed by atoms with Crippen LogP contribution >= 0.6 is 0 Å². The van der Waals surface area contributed by atoms with E-state index in [9.17, 15) is 23.1 Å². The maximum atomic E-state index is 12.9. The van der Waals surface area contributed by atoms with Crippen molar-refractivity contribution >= 4 is 5.91 Å². The van der Waals surface area contributed by atoms with Crippen LogP contribution in [0.2, 0.25) is 0 Å². The fourth-order valence-corrected chi connectivity index (χ4v) is 7.10. The molecule has 0 radical (unpaired) electrons. The number of aromatic amines is 1. The van der Waals surface area contributed by atoms with Gasteiger partial charge in [-0.3, -0.25) is 9.89 Å². The van der Waals surface area contributed by atoms with Crippen molar-refractivity contribution in [2.75, 3.05) is 13.2 Å². The molecule has 0 unspecified atom stereocenters. The van der Waals surface area contributed by atoms with E-state index in [1.807, 2.05) is 6.20 Å². The molecule has 3 N–H and O–H groups in total. The van der Waals surface area contributed by atoms with Crippen molar-refractivity contribution in [3.8, 4) is 0 Å². The summed E-state index contributed by atoms with van der Waals surface area (Å²) >= 11 is 0. The lowest BCUT2D eigenvalue weighted by molar-refractivity contribution is -0.174. The Morgan fingerprint density at radius 2 is 2.07 bits per heavy atom. The molecule has 5 nitrogen and oxygen atoms in total. The Hall–Kier alpha value is -1.57. The van der Waals surface area contributed by atoms with Crippen LogP contribution in [0, 0.1) is 34.5 Å². The molecule has 4 rings (SSSR count). The summed E-state index contributed by atoms with van der Waals surface area (Å²) in [4.78, 5) is 11.6. The zero-order valence-electron chi connectivity index (χ0n) is 17.7. The van der Waals surface area contributed by atoms with Crippen molar-refractivity contribution < 1.29 is 23.1 Å². The molecular weight excluding hydrogens is 395 g/mol. The lowest BCUT2D eigenvalue weighted by atomic mass is 9.49. The predicted molar refractivity (Wildman–Crippen MR) is 105 cm³/mol. The number of carbonyl (C=O) groups excluding carboxylic acids is 1. The third-order valence-corrected chi connectivity index (χ3v) is 8.80. The SMILES string of the molecule is C[C@@]12CCC[C@H]1[C@H](CNC(=O)C(F)(F)F)[C@@H]([C@@]1(C)Cc3cn[nH]c3C[C@@H]1CO)CC2. The van der Waals surface area contributed by atoms with Gasteiger partial charge in [0.25, 0.3) is 0 Å². The Labute approximate surface area is 175 Å². The monoisotopic (exact) mass is 427 g/mol. The number of alkyl halides is 3. The fourth-order valence-electron chi connectivity index (χ4n) is 7.10. The average Bonchev–Trinajstić information content (AvgIpc) is 3.29. The number of H-pyrrole nitrogens is 1. The van der Waals surface area contributed by atoms with Crippen LogP contribution in [-0.4, -0.2) is 40.5 Å². The Bertz CT molecular complexity index is 795. The standard InChI is InChI=1S/C22H32F3N3O2/c1-20-6-3-4-16(20)15(11-26-19(30)22(23,24)25)17(5-7-20)21(2)9-13-10-27-28-18(13)8-14(21)12-29/h10,14-17,29H,3-9,11-12H2,1-2H3,(H,26,30)(H,27,28)/t14-,15+,16+,17+,20+,21+/m1/s1. The fraction of sp³-hybridized carbons (Fsp3) is 0.818. The first-order valence-electron chi connectivity index (χ1n) is 11.1. The van der Waals surface area contributed by atoms with Crippen LogP contribution < -0.4 is 5.32 Å². The lowest BCUT2D eigenvalue weighted by Crippen LogP contribution is -2.54. The van der Waals surface area contributed by atoms with Crippen LogP contribution in [0.3, 0.4) is 0 Å². The number of carbonyl (C=O) groups is 1. The molecule has 2 fully saturated rings. The predicted octanol–water partition coefficient (Wildman–Crippen LogP) is 3.63. The van der Waals surface area contributed by atoms with Gasteiger partial charge in [-0.15, -0.1) is 0 Å². The van der Waals surface area contributed by atoms with E-state index >= 15 is 0 Å². The van der Waals surface area contributed by atoms with Crippen LogP contribution in [0.5, 0.6) is 0 Å². The molecule has 1 aromatic rings. The topological polar surface area (TPSA) is 78.0 Å². The van der Waals surface area contributed by atoms with Gasteiger partial charge in [-0.05, 0) is 78.6 Å². The minimum Gasteiger partial charge on any atom is -0.396 e. The molecule has 1 heterocycles. The summed E-state index contributed by atoms with van der Waals surface area (Å²) in [7, 11) is 0. The number of aromatic nitrogens is 2. The molecule has 3 aliphatic carbocycles. The molecule has 168 valence electrons. The lowest BCUT2D eigenvalue weighted by Gasteiger charge is -2.55. The number of aliphatic hydroxyl groups is 1. The Morgan fingerprint density at radius 1 is 1.30 bits per heavy atom.